The molecule has 1 heterocycles. The number of nitrogens with two attached hydrogens (primary N) is 1. The number of benzene rings is 1. The molecular weight excluding hydrogens is 230 g/mol. The van der Waals surface area contributed by atoms with Gasteiger partial charge in [-0.15, -0.1) is 0 Å². The molecule has 0 aliphatic rings. The Morgan fingerprint density at radius 3 is 2.72 bits per heavy atom. The molecule has 5 nitrogen and oxygen atoms in total. The van der Waals surface area contributed by atoms with Crippen molar-refractivity contribution in [3.63, 3.8) is 0 Å². The number of hydrogen-bond acceptors (Lipinski definition) is 5. The van der Waals surface area contributed by atoms with E-state index in [2.05, 4.69) is 10.1 Å². The maximum atomic E-state index is 6.09. The second-order valence-electron chi connectivity index (χ2n) is 4.15. The molecule has 5 heteroatoms. The highest BCUT2D eigenvalue weighted by atomic mass is 16.5. The van der Waals surface area contributed by atoms with Crippen LogP contribution < -0.4 is 5.73 Å². The van der Waals surface area contributed by atoms with Crippen LogP contribution in [0.3, 0.4) is 0 Å². The monoisotopic (exact) mass is 247 g/mol. The molecule has 2 aromatic rings. The smallest absolute Gasteiger partial charge is 0.228 e. The van der Waals surface area contributed by atoms with E-state index in [0.29, 0.717) is 18.1 Å². The Hall–Kier alpha value is -1.72. The minimum atomic E-state index is -0.171. The summed E-state index contributed by atoms with van der Waals surface area (Å²) >= 11 is 0. The topological polar surface area (TPSA) is 74.2 Å². The summed E-state index contributed by atoms with van der Waals surface area (Å²) in [6.45, 7) is 1.87. The van der Waals surface area contributed by atoms with Crippen LogP contribution in [-0.2, 0) is 11.2 Å². The molecule has 0 saturated heterocycles. The molecule has 0 amide bonds. The van der Waals surface area contributed by atoms with Crippen LogP contribution >= 0.6 is 0 Å². The van der Waals surface area contributed by atoms with Crippen LogP contribution in [0.15, 0.2) is 34.9 Å². The van der Waals surface area contributed by atoms with E-state index in [4.69, 9.17) is 15.0 Å². The van der Waals surface area contributed by atoms with Gasteiger partial charge < -0.3 is 15.0 Å². The van der Waals surface area contributed by atoms with Crippen LogP contribution in [-0.4, -0.2) is 17.3 Å². The van der Waals surface area contributed by atoms with Crippen molar-refractivity contribution in [2.75, 3.05) is 7.11 Å². The van der Waals surface area contributed by atoms with E-state index >= 15 is 0 Å². The fourth-order valence-corrected chi connectivity index (χ4v) is 1.63. The van der Waals surface area contributed by atoms with Crippen LogP contribution in [0.2, 0.25) is 0 Å². The first-order valence-electron chi connectivity index (χ1n) is 5.86. The van der Waals surface area contributed by atoms with E-state index in [-0.39, 0.29) is 12.1 Å². The summed E-state index contributed by atoms with van der Waals surface area (Å²) in [5.74, 6) is 1.08. The maximum absolute atomic E-state index is 6.09. The fraction of sp³-hybridized carbons (Fsp3) is 0.385. The molecule has 1 aromatic carbocycles. The van der Waals surface area contributed by atoms with Gasteiger partial charge in [-0.2, -0.15) is 4.98 Å². The van der Waals surface area contributed by atoms with Crippen LogP contribution in [0.25, 0.3) is 0 Å². The molecule has 1 aromatic heterocycles. The molecule has 0 saturated carbocycles. The number of hydrogen-bond donors (Lipinski definition) is 1. The van der Waals surface area contributed by atoms with Crippen molar-refractivity contribution >= 4 is 0 Å². The van der Waals surface area contributed by atoms with Crippen molar-refractivity contribution in [3.8, 4) is 0 Å². The predicted octanol–water partition coefficient (Wildman–Crippen LogP) is 2.02. The molecule has 0 aliphatic carbocycles. The summed E-state index contributed by atoms with van der Waals surface area (Å²) in [6, 6.07) is 9.71. The van der Waals surface area contributed by atoms with Gasteiger partial charge in [0.15, 0.2) is 5.82 Å². The van der Waals surface area contributed by atoms with E-state index in [0.717, 1.165) is 5.56 Å². The van der Waals surface area contributed by atoms with E-state index in [1.807, 2.05) is 37.3 Å². The lowest BCUT2D eigenvalue weighted by Crippen LogP contribution is -2.13. The van der Waals surface area contributed by atoms with Crippen molar-refractivity contribution in [1.82, 2.24) is 10.1 Å². The Kier molecular flexibility index (Phi) is 4.07. The van der Waals surface area contributed by atoms with Crippen LogP contribution in [0.5, 0.6) is 0 Å². The minimum Gasteiger partial charge on any atom is -0.374 e. The zero-order valence-corrected chi connectivity index (χ0v) is 10.5. The highest BCUT2D eigenvalue weighted by Gasteiger charge is 2.15. The van der Waals surface area contributed by atoms with Crippen molar-refractivity contribution in [2.45, 2.75) is 25.5 Å². The van der Waals surface area contributed by atoms with Gasteiger partial charge in [0.25, 0.3) is 0 Å². The molecule has 2 N–H and O–H groups in total. The van der Waals surface area contributed by atoms with Gasteiger partial charge in [0.1, 0.15) is 6.10 Å². The first-order chi connectivity index (χ1) is 8.70. The summed E-state index contributed by atoms with van der Waals surface area (Å²) in [5.41, 5.74) is 7.14. The third-order valence-corrected chi connectivity index (χ3v) is 2.82. The van der Waals surface area contributed by atoms with Gasteiger partial charge in [0, 0.05) is 19.6 Å². The van der Waals surface area contributed by atoms with E-state index in [9.17, 15) is 0 Å². The number of aromatic nitrogens is 2. The average molecular weight is 247 g/mol. The third-order valence-electron chi connectivity index (χ3n) is 2.82. The lowest BCUT2D eigenvalue weighted by atomic mass is 10.1. The van der Waals surface area contributed by atoms with Crippen LogP contribution in [0, 0.1) is 0 Å². The van der Waals surface area contributed by atoms with Gasteiger partial charge in [-0.05, 0) is 12.5 Å². The lowest BCUT2D eigenvalue weighted by molar-refractivity contribution is 0.109. The Morgan fingerprint density at radius 2 is 2.06 bits per heavy atom. The summed E-state index contributed by atoms with van der Waals surface area (Å²) < 4.78 is 10.3. The van der Waals surface area contributed by atoms with E-state index < -0.39 is 0 Å². The maximum Gasteiger partial charge on any atom is 0.228 e. The Balaban J connectivity index is 2.03. The molecule has 18 heavy (non-hydrogen) atoms. The summed E-state index contributed by atoms with van der Waals surface area (Å²) in [7, 11) is 1.61. The number of nitrogens with zero attached hydrogens (tertiary/aromatic N) is 2. The van der Waals surface area contributed by atoms with Crippen molar-refractivity contribution in [1.29, 1.82) is 0 Å². The van der Waals surface area contributed by atoms with Gasteiger partial charge >= 0.3 is 0 Å². The van der Waals surface area contributed by atoms with Gasteiger partial charge in [0.05, 0.1) is 0 Å². The van der Waals surface area contributed by atoms with Gasteiger partial charge in [-0.3, -0.25) is 0 Å². The second kappa shape index (κ2) is 5.75. The standard InChI is InChI=1S/C13H17N3O2/c1-9(17-2)13-15-12(18-16-13)8-11(14)10-6-4-3-5-7-10/h3-7,9,11H,8,14H2,1-2H3. The average Bonchev–Trinajstić information content (AvgIpc) is 2.87. The number of methoxy groups -OCH3 is 1. The first-order valence-corrected chi connectivity index (χ1v) is 5.86. The Bertz CT molecular complexity index is 484. The largest absolute Gasteiger partial charge is 0.374 e. The van der Waals surface area contributed by atoms with Crippen LogP contribution in [0.4, 0.5) is 0 Å². The fourth-order valence-electron chi connectivity index (χ4n) is 1.63. The third kappa shape index (κ3) is 2.94. The van der Waals surface area contributed by atoms with Crippen LogP contribution in [0.1, 0.15) is 36.3 Å². The lowest BCUT2D eigenvalue weighted by Gasteiger charge is -2.08. The van der Waals surface area contributed by atoms with E-state index in [1.165, 1.54) is 0 Å². The summed E-state index contributed by atoms with van der Waals surface area (Å²) in [6.07, 6.45) is 0.350. The molecule has 2 unspecified atom stereocenters. The minimum absolute atomic E-state index is 0.141. The highest BCUT2D eigenvalue weighted by molar-refractivity contribution is 5.19. The number of ether oxygens (including phenoxy) is 1. The Morgan fingerprint density at radius 1 is 1.33 bits per heavy atom. The quantitative estimate of drug-likeness (QED) is 0.874. The molecule has 0 fully saturated rings. The number of rotatable bonds is 5. The molecular formula is C13H17N3O2. The molecule has 0 bridgehead atoms. The zero-order valence-electron chi connectivity index (χ0n) is 10.5. The van der Waals surface area contributed by atoms with Gasteiger partial charge in [-0.25, -0.2) is 0 Å². The first kappa shape index (κ1) is 12.7. The van der Waals surface area contributed by atoms with Gasteiger partial charge in [0.2, 0.25) is 5.89 Å². The second-order valence-corrected chi connectivity index (χ2v) is 4.15. The molecule has 96 valence electrons. The molecule has 0 radical (unpaired) electrons. The molecule has 0 spiro atoms. The van der Waals surface area contributed by atoms with Crippen molar-refractivity contribution < 1.29 is 9.26 Å². The normalized spacial score (nSPS) is 14.4. The molecule has 2 rings (SSSR count). The zero-order chi connectivity index (χ0) is 13.0. The predicted molar refractivity (Wildman–Crippen MR) is 66.8 cm³/mol. The molecule has 0 aliphatic heterocycles. The van der Waals surface area contributed by atoms with Gasteiger partial charge in [-0.1, -0.05) is 35.5 Å². The van der Waals surface area contributed by atoms with E-state index in [1.54, 1.807) is 7.11 Å². The summed E-state index contributed by atoms with van der Waals surface area (Å²) in [5, 5.41) is 3.87. The summed E-state index contributed by atoms with van der Waals surface area (Å²) in [4.78, 5) is 4.26. The van der Waals surface area contributed by atoms with Crippen molar-refractivity contribution in [2.24, 2.45) is 5.73 Å². The Labute approximate surface area is 106 Å². The SMILES string of the molecule is COC(C)c1noc(CC(N)c2ccccc2)n1. The van der Waals surface area contributed by atoms with Crippen molar-refractivity contribution in [3.05, 3.63) is 47.6 Å². The highest BCUT2D eigenvalue weighted by Crippen LogP contribution is 2.17. The molecule has 2 atom stereocenters.